The van der Waals surface area contributed by atoms with Crippen LogP contribution in [-0.2, 0) is 4.79 Å². The van der Waals surface area contributed by atoms with Crippen molar-refractivity contribution in [3.8, 4) is 0 Å². The van der Waals surface area contributed by atoms with Gasteiger partial charge >= 0.3 is 0 Å². The minimum absolute atomic E-state index is 0.233. The summed E-state index contributed by atoms with van der Waals surface area (Å²) in [5.41, 5.74) is 0.555. The van der Waals surface area contributed by atoms with Crippen LogP contribution in [0.15, 0.2) is 0 Å². The zero-order chi connectivity index (χ0) is 12.9. The second-order valence-electron chi connectivity index (χ2n) is 5.61. The molecule has 17 heavy (non-hydrogen) atoms. The Kier molecular flexibility index (Phi) is 5.48. The van der Waals surface area contributed by atoms with E-state index in [1.54, 1.807) is 0 Å². The lowest BCUT2D eigenvalue weighted by Gasteiger charge is -2.16. The van der Waals surface area contributed by atoms with E-state index in [1.165, 1.54) is 19.3 Å². The first-order chi connectivity index (χ1) is 8.13. The van der Waals surface area contributed by atoms with Gasteiger partial charge in [0, 0.05) is 12.5 Å². The van der Waals surface area contributed by atoms with Crippen LogP contribution in [0.1, 0.15) is 66.2 Å². The molecule has 1 aliphatic rings. The molecule has 0 aromatic carbocycles. The molecule has 1 rings (SSSR count). The predicted octanol–water partition coefficient (Wildman–Crippen LogP) is 3.76. The van der Waals surface area contributed by atoms with Crippen LogP contribution < -0.4 is 5.32 Å². The van der Waals surface area contributed by atoms with Gasteiger partial charge in [0.05, 0.1) is 0 Å². The molecule has 2 heteroatoms. The van der Waals surface area contributed by atoms with Gasteiger partial charge in [0.25, 0.3) is 0 Å². The van der Waals surface area contributed by atoms with Gasteiger partial charge in [0.2, 0.25) is 5.91 Å². The van der Waals surface area contributed by atoms with Gasteiger partial charge < -0.3 is 5.32 Å². The third-order valence-corrected chi connectivity index (χ3v) is 4.79. The van der Waals surface area contributed by atoms with Crippen LogP contribution in [0.2, 0.25) is 0 Å². The molecular formula is C15H29NO. The highest BCUT2D eigenvalue weighted by Gasteiger charge is 2.50. The van der Waals surface area contributed by atoms with E-state index < -0.39 is 0 Å². The number of nitrogens with one attached hydrogen (secondary N) is 1. The molecule has 0 saturated heterocycles. The van der Waals surface area contributed by atoms with Crippen LogP contribution in [0.3, 0.4) is 0 Å². The fraction of sp³-hybridized carbons (Fsp3) is 0.933. The van der Waals surface area contributed by atoms with Crippen molar-refractivity contribution in [3.05, 3.63) is 0 Å². The van der Waals surface area contributed by atoms with Crippen molar-refractivity contribution >= 4 is 5.91 Å². The number of hydrogen-bond donors (Lipinski definition) is 1. The van der Waals surface area contributed by atoms with Gasteiger partial charge in [-0.1, -0.05) is 47.0 Å². The molecule has 0 aromatic heterocycles. The van der Waals surface area contributed by atoms with Crippen LogP contribution in [0.5, 0.6) is 0 Å². The summed E-state index contributed by atoms with van der Waals surface area (Å²) in [5.74, 6) is 1.25. The van der Waals surface area contributed by atoms with Crippen molar-refractivity contribution in [1.29, 1.82) is 0 Å². The number of rotatable bonds is 8. The molecule has 0 spiro atoms. The Hall–Kier alpha value is -0.530. The van der Waals surface area contributed by atoms with E-state index in [9.17, 15) is 4.79 Å². The Morgan fingerprint density at radius 1 is 1.29 bits per heavy atom. The van der Waals surface area contributed by atoms with Crippen LogP contribution in [0.4, 0.5) is 0 Å². The average Bonchev–Trinajstić information content (AvgIpc) is 3.07. The van der Waals surface area contributed by atoms with E-state index in [2.05, 4.69) is 33.0 Å². The third-order valence-electron chi connectivity index (χ3n) is 4.79. The van der Waals surface area contributed by atoms with Crippen molar-refractivity contribution < 1.29 is 4.79 Å². The van der Waals surface area contributed by atoms with Gasteiger partial charge in [-0.05, 0) is 30.6 Å². The smallest absolute Gasteiger partial charge is 0.223 e. The normalized spacial score (nSPS) is 23.2. The maximum atomic E-state index is 12.0. The Bertz CT molecular complexity index is 245. The lowest BCUT2D eigenvalue weighted by molar-refractivity contribution is -0.125. The van der Waals surface area contributed by atoms with Gasteiger partial charge in [-0.2, -0.15) is 0 Å². The lowest BCUT2D eigenvalue weighted by Crippen LogP contribution is -2.32. The minimum atomic E-state index is 0.233. The fourth-order valence-electron chi connectivity index (χ4n) is 3.07. The monoisotopic (exact) mass is 239 g/mol. The van der Waals surface area contributed by atoms with Crippen molar-refractivity contribution in [2.24, 2.45) is 17.3 Å². The summed E-state index contributed by atoms with van der Waals surface area (Å²) < 4.78 is 0. The number of carbonyl (C=O) groups is 1. The standard InChI is InChI=1S/C15H29NO/c1-5-9-12(6-2)14(17)16-11-13-10-15(13,7-3)8-4/h12-13H,5-11H2,1-4H3,(H,16,17). The Labute approximate surface area is 107 Å². The van der Waals surface area contributed by atoms with Gasteiger partial charge in [0.1, 0.15) is 0 Å². The van der Waals surface area contributed by atoms with Gasteiger partial charge in [-0.25, -0.2) is 0 Å². The molecule has 0 bridgehead atoms. The van der Waals surface area contributed by atoms with Gasteiger partial charge in [-0.3, -0.25) is 4.79 Å². The molecule has 1 saturated carbocycles. The highest BCUT2D eigenvalue weighted by molar-refractivity contribution is 5.78. The zero-order valence-corrected chi connectivity index (χ0v) is 12.0. The van der Waals surface area contributed by atoms with Crippen molar-refractivity contribution in [3.63, 3.8) is 0 Å². The molecule has 1 aliphatic carbocycles. The average molecular weight is 239 g/mol. The molecule has 2 unspecified atom stereocenters. The van der Waals surface area contributed by atoms with Gasteiger partial charge in [-0.15, -0.1) is 0 Å². The SMILES string of the molecule is CCCC(CC)C(=O)NCC1CC1(CC)CC. The van der Waals surface area contributed by atoms with E-state index >= 15 is 0 Å². The summed E-state index contributed by atoms with van der Waals surface area (Å²) in [6, 6.07) is 0. The van der Waals surface area contributed by atoms with Crippen molar-refractivity contribution in [2.45, 2.75) is 66.2 Å². The minimum Gasteiger partial charge on any atom is -0.356 e. The molecule has 0 aromatic rings. The van der Waals surface area contributed by atoms with Gasteiger partial charge in [0.15, 0.2) is 0 Å². The fourth-order valence-corrected chi connectivity index (χ4v) is 3.07. The summed E-state index contributed by atoms with van der Waals surface area (Å²) in [6.45, 7) is 9.71. The highest BCUT2D eigenvalue weighted by atomic mass is 16.1. The van der Waals surface area contributed by atoms with Crippen molar-refractivity contribution in [2.75, 3.05) is 6.54 Å². The summed E-state index contributed by atoms with van der Waals surface area (Å²) in [6.07, 6.45) is 6.93. The Morgan fingerprint density at radius 2 is 1.94 bits per heavy atom. The van der Waals surface area contributed by atoms with Crippen molar-refractivity contribution in [1.82, 2.24) is 5.32 Å². The number of amides is 1. The number of hydrogen-bond acceptors (Lipinski definition) is 1. The van der Waals surface area contributed by atoms with E-state index in [0.29, 0.717) is 5.41 Å². The molecule has 2 nitrogen and oxygen atoms in total. The first-order valence-electron chi connectivity index (χ1n) is 7.41. The molecule has 2 atom stereocenters. The van der Waals surface area contributed by atoms with Crippen LogP contribution in [-0.4, -0.2) is 12.5 Å². The van der Waals surface area contributed by atoms with Crippen LogP contribution in [0, 0.1) is 17.3 Å². The molecule has 1 N–H and O–H groups in total. The van der Waals surface area contributed by atoms with Crippen LogP contribution >= 0.6 is 0 Å². The van der Waals surface area contributed by atoms with E-state index in [-0.39, 0.29) is 11.8 Å². The molecule has 0 heterocycles. The van der Waals surface area contributed by atoms with E-state index in [1.807, 2.05) is 0 Å². The highest BCUT2D eigenvalue weighted by Crippen LogP contribution is 2.57. The lowest BCUT2D eigenvalue weighted by atomic mass is 9.96. The molecule has 1 fully saturated rings. The molecule has 100 valence electrons. The Balaban J connectivity index is 2.30. The molecule has 0 radical (unpaired) electrons. The first-order valence-corrected chi connectivity index (χ1v) is 7.41. The second-order valence-corrected chi connectivity index (χ2v) is 5.61. The topological polar surface area (TPSA) is 29.1 Å². The summed E-state index contributed by atoms with van der Waals surface area (Å²) in [4.78, 5) is 12.0. The quantitative estimate of drug-likeness (QED) is 0.686. The Morgan fingerprint density at radius 3 is 2.35 bits per heavy atom. The van der Waals surface area contributed by atoms with E-state index in [0.717, 1.165) is 31.7 Å². The predicted molar refractivity (Wildman–Crippen MR) is 72.8 cm³/mol. The molecular weight excluding hydrogens is 210 g/mol. The molecule has 0 aliphatic heterocycles. The summed E-state index contributed by atoms with van der Waals surface area (Å²) in [5, 5.41) is 3.16. The maximum Gasteiger partial charge on any atom is 0.223 e. The third kappa shape index (κ3) is 3.46. The van der Waals surface area contributed by atoms with Crippen LogP contribution in [0.25, 0.3) is 0 Å². The van der Waals surface area contributed by atoms with E-state index in [4.69, 9.17) is 0 Å². The summed E-state index contributed by atoms with van der Waals surface area (Å²) in [7, 11) is 0. The summed E-state index contributed by atoms with van der Waals surface area (Å²) >= 11 is 0. The zero-order valence-electron chi connectivity index (χ0n) is 12.0. The first kappa shape index (κ1) is 14.5. The molecule has 1 amide bonds. The number of carbonyl (C=O) groups excluding carboxylic acids is 1. The maximum absolute atomic E-state index is 12.0. The second kappa shape index (κ2) is 6.42. The largest absolute Gasteiger partial charge is 0.356 e.